The first-order valence-electron chi connectivity index (χ1n) is 6.56. The molecule has 21 heavy (non-hydrogen) atoms. The van der Waals surface area contributed by atoms with Crippen molar-refractivity contribution in [2.75, 3.05) is 11.9 Å². The zero-order valence-corrected chi connectivity index (χ0v) is 12.9. The van der Waals surface area contributed by atoms with Crippen LogP contribution < -0.4 is 5.32 Å². The summed E-state index contributed by atoms with van der Waals surface area (Å²) in [4.78, 5) is 11.7. The van der Waals surface area contributed by atoms with Crippen LogP contribution in [0.25, 0.3) is 0 Å². The third-order valence-electron chi connectivity index (χ3n) is 2.84. The third-order valence-corrected chi connectivity index (χ3v) is 2.84. The minimum absolute atomic E-state index is 0.246. The van der Waals surface area contributed by atoms with Crippen molar-refractivity contribution in [2.45, 2.75) is 45.6 Å². The van der Waals surface area contributed by atoms with Gasteiger partial charge in [0.15, 0.2) is 11.6 Å². The first kappa shape index (κ1) is 17.4. The highest BCUT2D eigenvalue weighted by Crippen LogP contribution is 2.29. The van der Waals surface area contributed by atoms with Crippen molar-refractivity contribution >= 4 is 11.8 Å². The van der Waals surface area contributed by atoms with Gasteiger partial charge in [0.25, 0.3) is 0 Å². The maximum absolute atomic E-state index is 13.8. The van der Waals surface area contributed by atoms with Gasteiger partial charge in [-0.3, -0.25) is 5.32 Å². The molecule has 1 aromatic rings. The number of amides is 1. The lowest BCUT2D eigenvalue weighted by atomic mass is 9.85. The van der Waals surface area contributed by atoms with Crippen LogP contribution in [-0.2, 0) is 10.2 Å². The molecule has 0 aromatic heterocycles. The van der Waals surface area contributed by atoms with Crippen LogP contribution in [0.3, 0.4) is 0 Å². The molecule has 0 bridgehead atoms. The molecule has 4 nitrogen and oxygen atoms in total. The van der Waals surface area contributed by atoms with Crippen LogP contribution in [0.5, 0.6) is 0 Å². The van der Waals surface area contributed by atoms with E-state index in [4.69, 9.17) is 4.74 Å². The highest BCUT2D eigenvalue weighted by Gasteiger charge is 2.24. The Bertz CT molecular complexity index is 536. The van der Waals surface area contributed by atoms with Crippen molar-refractivity contribution in [2.24, 2.45) is 0 Å². The SMILES string of the molecule is CC(C)(C)OC(=O)Nc1cc(C(C)(C)CO)cc(F)c1F. The highest BCUT2D eigenvalue weighted by molar-refractivity contribution is 5.85. The number of carbonyl (C=O) groups excluding carboxylic acids is 1. The molecule has 2 N–H and O–H groups in total. The van der Waals surface area contributed by atoms with E-state index in [1.807, 2.05) is 0 Å². The monoisotopic (exact) mass is 301 g/mol. The van der Waals surface area contributed by atoms with E-state index in [1.54, 1.807) is 34.6 Å². The number of hydrogen-bond acceptors (Lipinski definition) is 3. The molecule has 0 fully saturated rings. The number of hydrogen-bond donors (Lipinski definition) is 2. The minimum atomic E-state index is -1.17. The van der Waals surface area contributed by atoms with Crippen molar-refractivity contribution in [1.29, 1.82) is 0 Å². The fourth-order valence-electron chi connectivity index (χ4n) is 1.58. The zero-order valence-electron chi connectivity index (χ0n) is 12.9. The molecule has 0 spiro atoms. The quantitative estimate of drug-likeness (QED) is 0.897. The zero-order chi connectivity index (χ0) is 16.4. The van der Waals surface area contributed by atoms with Gasteiger partial charge in [0.1, 0.15) is 5.60 Å². The molecule has 1 rings (SSSR count). The largest absolute Gasteiger partial charge is 0.444 e. The van der Waals surface area contributed by atoms with Gasteiger partial charge >= 0.3 is 6.09 Å². The van der Waals surface area contributed by atoms with E-state index in [0.717, 1.165) is 6.07 Å². The molecule has 0 aliphatic carbocycles. The van der Waals surface area contributed by atoms with E-state index in [0.29, 0.717) is 5.56 Å². The number of aliphatic hydroxyl groups is 1. The average Bonchev–Trinajstić information content (AvgIpc) is 2.32. The van der Waals surface area contributed by atoms with Crippen molar-refractivity contribution in [3.63, 3.8) is 0 Å². The molecule has 1 amide bonds. The number of nitrogens with one attached hydrogen (secondary N) is 1. The van der Waals surface area contributed by atoms with Crippen LogP contribution in [0, 0.1) is 11.6 Å². The smallest absolute Gasteiger partial charge is 0.412 e. The van der Waals surface area contributed by atoms with Gasteiger partial charge in [0, 0.05) is 5.41 Å². The molecule has 6 heteroatoms. The number of aliphatic hydroxyl groups excluding tert-OH is 1. The highest BCUT2D eigenvalue weighted by atomic mass is 19.2. The summed E-state index contributed by atoms with van der Waals surface area (Å²) in [6.45, 7) is 8.09. The van der Waals surface area contributed by atoms with Crippen LogP contribution in [0.4, 0.5) is 19.3 Å². The second-order valence-electron chi connectivity index (χ2n) is 6.49. The van der Waals surface area contributed by atoms with Gasteiger partial charge < -0.3 is 9.84 Å². The molecule has 0 unspecified atom stereocenters. The van der Waals surface area contributed by atoms with Crippen molar-refractivity contribution in [3.05, 3.63) is 29.3 Å². The van der Waals surface area contributed by atoms with Gasteiger partial charge in [-0.1, -0.05) is 13.8 Å². The lowest BCUT2D eigenvalue weighted by molar-refractivity contribution is 0.0635. The fraction of sp³-hybridized carbons (Fsp3) is 0.533. The van der Waals surface area contributed by atoms with E-state index >= 15 is 0 Å². The number of benzene rings is 1. The van der Waals surface area contributed by atoms with E-state index < -0.39 is 28.7 Å². The number of rotatable bonds is 3. The van der Waals surface area contributed by atoms with Gasteiger partial charge in [-0.2, -0.15) is 0 Å². The first-order valence-corrected chi connectivity index (χ1v) is 6.56. The Hall–Kier alpha value is -1.69. The standard InChI is InChI=1S/C15H21F2NO3/c1-14(2,3)21-13(20)18-11-7-9(15(4,5)8-19)6-10(16)12(11)17/h6-7,19H,8H2,1-5H3,(H,18,20). The molecule has 1 aromatic carbocycles. The van der Waals surface area contributed by atoms with E-state index in [-0.39, 0.29) is 12.3 Å². The molecule has 0 aliphatic heterocycles. The van der Waals surface area contributed by atoms with E-state index in [9.17, 15) is 18.7 Å². The van der Waals surface area contributed by atoms with Crippen LogP contribution in [0.2, 0.25) is 0 Å². The Kier molecular flexibility index (Phi) is 4.94. The predicted molar refractivity (Wildman–Crippen MR) is 76.3 cm³/mol. The fourth-order valence-corrected chi connectivity index (χ4v) is 1.58. The van der Waals surface area contributed by atoms with Crippen molar-refractivity contribution in [1.82, 2.24) is 0 Å². The summed E-state index contributed by atoms with van der Waals surface area (Å²) in [7, 11) is 0. The summed E-state index contributed by atoms with van der Waals surface area (Å²) in [5.74, 6) is -2.27. The molecule has 0 heterocycles. The number of anilines is 1. The maximum Gasteiger partial charge on any atom is 0.412 e. The van der Waals surface area contributed by atoms with Gasteiger partial charge in [0.05, 0.1) is 12.3 Å². The minimum Gasteiger partial charge on any atom is -0.444 e. The lowest BCUT2D eigenvalue weighted by Gasteiger charge is -2.24. The Morgan fingerprint density at radius 2 is 1.81 bits per heavy atom. The molecular weight excluding hydrogens is 280 g/mol. The van der Waals surface area contributed by atoms with Crippen LogP contribution >= 0.6 is 0 Å². The van der Waals surface area contributed by atoms with Crippen LogP contribution in [0.15, 0.2) is 12.1 Å². The Morgan fingerprint density at radius 1 is 1.24 bits per heavy atom. The second-order valence-corrected chi connectivity index (χ2v) is 6.49. The van der Waals surface area contributed by atoms with Gasteiger partial charge in [-0.25, -0.2) is 13.6 Å². The van der Waals surface area contributed by atoms with E-state index in [1.165, 1.54) is 6.07 Å². The summed E-state index contributed by atoms with van der Waals surface area (Å²) in [5, 5.41) is 11.5. The molecule has 0 radical (unpaired) electrons. The number of ether oxygens (including phenoxy) is 1. The summed E-state index contributed by atoms with van der Waals surface area (Å²) >= 11 is 0. The maximum atomic E-state index is 13.8. The summed E-state index contributed by atoms with van der Waals surface area (Å²) in [5.41, 5.74) is -1.46. The third kappa shape index (κ3) is 4.67. The lowest BCUT2D eigenvalue weighted by Crippen LogP contribution is -2.28. The number of carbonyl (C=O) groups is 1. The average molecular weight is 301 g/mol. The van der Waals surface area contributed by atoms with Crippen LogP contribution in [-0.4, -0.2) is 23.4 Å². The first-order chi connectivity index (χ1) is 9.46. The van der Waals surface area contributed by atoms with Gasteiger partial charge in [0.2, 0.25) is 0 Å². The second kappa shape index (κ2) is 5.97. The summed E-state index contributed by atoms with van der Waals surface area (Å²) < 4.78 is 32.4. The normalized spacial score (nSPS) is 12.2. The van der Waals surface area contributed by atoms with Gasteiger partial charge in [-0.15, -0.1) is 0 Å². The summed E-state index contributed by atoms with van der Waals surface area (Å²) in [6.07, 6.45) is -0.875. The van der Waals surface area contributed by atoms with Gasteiger partial charge in [-0.05, 0) is 38.5 Å². The molecule has 118 valence electrons. The number of halogens is 2. The van der Waals surface area contributed by atoms with Crippen LogP contribution in [0.1, 0.15) is 40.2 Å². The molecule has 0 atom stereocenters. The molecular formula is C15H21F2NO3. The Morgan fingerprint density at radius 3 is 2.29 bits per heavy atom. The molecule has 0 saturated carbocycles. The summed E-state index contributed by atoms with van der Waals surface area (Å²) in [6, 6.07) is 2.30. The topological polar surface area (TPSA) is 58.6 Å². The van der Waals surface area contributed by atoms with Crippen molar-refractivity contribution < 1.29 is 23.4 Å². The Labute approximate surface area is 123 Å². The molecule has 0 aliphatic rings. The molecule has 0 saturated heterocycles. The predicted octanol–water partition coefficient (Wildman–Crippen LogP) is 3.58. The van der Waals surface area contributed by atoms with Crippen molar-refractivity contribution in [3.8, 4) is 0 Å². The van der Waals surface area contributed by atoms with E-state index in [2.05, 4.69) is 5.32 Å². The Balaban J connectivity index is 3.10.